The Morgan fingerprint density at radius 3 is 2.29 bits per heavy atom. The number of nitrogens with zero attached hydrogens (tertiary/aromatic N) is 3. The maximum absolute atomic E-state index is 2.57. The Morgan fingerprint density at radius 2 is 1.62 bits per heavy atom. The Balaban J connectivity index is 1.82. The molecule has 1 saturated heterocycles. The number of rotatable bonds is 3. The Bertz CT molecular complexity index is 592. The van der Waals surface area contributed by atoms with E-state index in [9.17, 15) is 0 Å². The van der Waals surface area contributed by atoms with Crippen molar-refractivity contribution in [3.63, 3.8) is 0 Å². The van der Waals surface area contributed by atoms with Crippen LogP contribution in [0, 0.1) is 13.8 Å². The molecule has 1 aromatic carbocycles. The summed E-state index contributed by atoms with van der Waals surface area (Å²) < 4.78 is 2.37. The smallest absolute Gasteiger partial charge is 0.0455 e. The number of aryl methyl sites for hydroxylation is 1. The number of likely N-dealkylation sites (N-methyl/N-ethyl adjacent to an activating group) is 1. The molecule has 0 N–H and O–H groups in total. The van der Waals surface area contributed by atoms with Crippen molar-refractivity contribution in [1.82, 2.24) is 14.4 Å². The van der Waals surface area contributed by atoms with Gasteiger partial charge in [-0.15, -0.1) is 0 Å². The predicted molar refractivity (Wildman–Crippen MR) is 88.0 cm³/mol. The molecule has 1 fully saturated rings. The maximum atomic E-state index is 2.57. The molecule has 0 radical (unpaired) electrons. The molecule has 1 aromatic heterocycles. The Hall–Kier alpha value is -1.58. The number of benzene rings is 1. The molecule has 0 spiro atoms. The van der Waals surface area contributed by atoms with Gasteiger partial charge in [-0.05, 0) is 44.7 Å². The minimum absolute atomic E-state index is 1.07. The van der Waals surface area contributed by atoms with Crippen LogP contribution in [-0.2, 0) is 6.54 Å². The van der Waals surface area contributed by atoms with E-state index in [1.165, 1.54) is 48.8 Å². The lowest BCUT2D eigenvalue weighted by Crippen LogP contribution is -2.43. The van der Waals surface area contributed by atoms with Gasteiger partial charge in [0.2, 0.25) is 0 Å². The second-order valence-electron chi connectivity index (χ2n) is 6.15. The van der Waals surface area contributed by atoms with Crippen LogP contribution in [-0.4, -0.2) is 47.6 Å². The average molecular weight is 283 g/mol. The van der Waals surface area contributed by atoms with Crippen molar-refractivity contribution in [2.45, 2.75) is 20.4 Å². The highest BCUT2D eigenvalue weighted by molar-refractivity contribution is 5.40. The van der Waals surface area contributed by atoms with E-state index >= 15 is 0 Å². The minimum atomic E-state index is 1.07. The van der Waals surface area contributed by atoms with Crippen LogP contribution < -0.4 is 0 Å². The lowest BCUT2D eigenvalue weighted by atomic mass is 10.2. The second-order valence-corrected chi connectivity index (χ2v) is 6.15. The van der Waals surface area contributed by atoms with E-state index in [0.29, 0.717) is 0 Å². The number of para-hydroxylation sites is 1. The highest BCUT2D eigenvalue weighted by atomic mass is 15.2. The lowest BCUT2D eigenvalue weighted by molar-refractivity contribution is 0.148. The molecule has 0 amide bonds. The van der Waals surface area contributed by atoms with Crippen LogP contribution in [0.1, 0.15) is 17.0 Å². The first-order valence-corrected chi connectivity index (χ1v) is 7.79. The molecule has 0 saturated carbocycles. The van der Waals surface area contributed by atoms with Gasteiger partial charge in [0.05, 0.1) is 0 Å². The van der Waals surface area contributed by atoms with Crippen molar-refractivity contribution in [3.8, 4) is 5.69 Å². The lowest BCUT2D eigenvalue weighted by Gasteiger charge is -2.32. The first-order chi connectivity index (χ1) is 10.1. The van der Waals surface area contributed by atoms with Gasteiger partial charge in [-0.25, -0.2) is 0 Å². The van der Waals surface area contributed by atoms with Crippen molar-refractivity contribution in [2.24, 2.45) is 0 Å². The van der Waals surface area contributed by atoms with Gasteiger partial charge < -0.3 is 9.47 Å². The molecule has 2 aromatic rings. The van der Waals surface area contributed by atoms with Gasteiger partial charge in [0.15, 0.2) is 0 Å². The van der Waals surface area contributed by atoms with Crippen molar-refractivity contribution in [2.75, 3.05) is 33.2 Å². The first-order valence-electron chi connectivity index (χ1n) is 7.79. The fraction of sp³-hybridized carbons (Fsp3) is 0.444. The molecule has 3 nitrogen and oxygen atoms in total. The quantitative estimate of drug-likeness (QED) is 0.858. The van der Waals surface area contributed by atoms with Crippen LogP contribution in [0.4, 0.5) is 0 Å². The summed E-state index contributed by atoms with van der Waals surface area (Å²) in [6.45, 7) is 10.2. The number of piperazine rings is 1. The van der Waals surface area contributed by atoms with E-state index in [1.807, 2.05) is 0 Å². The summed E-state index contributed by atoms with van der Waals surface area (Å²) in [5.41, 5.74) is 5.42. The van der Waals surface area contributed by atoms with Crippen molar-refractivity contribution in [1.29, 1.82) is 0 Å². The Morgan fingerprint density at radius 1 is 0.952 bits per heavy atom. The Kier molecular flexibility index (Phi) is 4.13. The van der Waals surface area contributed by atoms with Crippen molar-refractivity contribution >= 4 is 0 Å². The molecule has 1 aliphatic heterocycles. The summed E-state index contributed by atoms with van der Waals surface area (Å²) in [7, 11) is 2.21. The van der Waals surface area contributed by atoms with Crippen LogP contribution >= 0.6 is 0 Å². The molecule has 2 heterocycles. The van der Waals surface area contributed by atoms with Crippen LogP contribution in [0.15, 0.2) is 36.4 Å². The molecule has 0 aliphatic carbocycles. The van der Waals surface area contributed by atoms with Gasteiger partial charge >= 0.3 is 0 Å². The van der Waals surface area contributed by atoms with E-state index in [4.69, 9.17) is 0 Å². The fourth-order valence-corrected chi connectivity index (χ4v) is 3.21. The van der Waals surface area contributed by atoms with E-state index in [2.05, 4.69) is 71.7 Å². The van der Waals surface area contributed by atoms with E-state index in [-0.39, 0.29) is 0 Å². The third kappa shape index (κ3) is 3.04. The minimum Gasteiger partial charge on any atom is -0.318 e. The van der Waals surface area contributed by atoms with E-state index < -0.39 is 0 Å². The normalized spacial score (nSPS) is 17.3. The fourth-order valence-electron chi connectivity index (χ4n) is 3.21. The molecule has 3 heteroatoms. The topological polar surface area (TPSA) is 11.4 Å². The monoisotopic (exact) mass is 283 g/mol. The highest BCUT2D eigenvalue weighted by Crippen LogP contribution is 2.22. The summed E-state index contributed by atoms with van der Waals surface area (Å²) >= 11 is 0. The van der Waals surface area contributed by atoms with Crippen molar-refractivity contribution < 1.29 is 0 Å². The number of hydrogen-bond donors (Lipinski definition) is 0. The zero-order chi connectivity index (χ0) is 14.8. The van der Waals surface area contributed by atoms with Gasteiger partial charge in [0, 0.05) is 49.8 Å². The zero-order valence-electron chi connectivity index (χ0n) is 13.3. The third-order valence-corrected chi connectivity index (χ3v) is 4.54. The maximum Gasteiger partial charge on any atom is 0.0455 e. The average Bonchev–Trinajstić information content (AvgIpc) is 2.77. The predicted octanol–water partition coefficient (Wildman–Crippen LogP) is 2.84. The Labute approximate surface area is 127 Å². The molecule has 21 heavy (non-hydrogen) atoms. The first kappa shape index (κ1) is 14.4. The SMILES string of the molecule is Cc1cc(CN2CCN(C)CC2)c(C)n1-c1ccccc1. The van der Waals surface area contributed by atoms with Crippen LogP contribution in [0.25, 0.3) is 5.69 Å². The van der Waals surface area contributed by atoms with Gasteiger partial charge in [-0.2, -0.15) is 0 Å². The molecule has 0 unspecified atom stereocenters. The standard InChI is InChI=1S/C18H25N3/c1-15-13-17(14-20-11-9-19(3)10-12-20)16(2)21(15)18-7-5-4-6-8-18/h4-8,13H,9-12,14H2,1-3H3. The van der Waals surface area contributed by atoms with Gasteiger partial charge in [-0.3, -0.25) is 4.90 Å². The van der Waals surface area contributed by atoms with Crippen LogP contribution in [0.3, 0.4) is 0 Å². The van der Waals surface area contributed by atoms with Crippen LogP contribution in [0.5, 0.6) is 0 Å². The summed E-state index contributed by atoms with van der Waals surface area (Å²) in [6.07, 6.45) is 0. The number of hydrogen-bond acceptors (Lipinski definition) is 2. The molecular formula is C18H25N3. The van der Waals surface area contributed by atoms with E-state index in [1.54, 1.807) is 0 Å². The molecule has 0 atom stereocenters. The van der Waals surface area contributed by atoms with Gasteiger partial charge in [0.25, 0.3) is 0 Å². The molecule has 0 bridgehead atoms. The second kappa shape index (κ2) is 6.04. The largest absolute Gasteiger partial charge is 0.318 e. The van der Waals surface area contributed by atoms with Gasteiger partial charge in [0.1, 0.15) is 0 Å². The molecular weight excluding hydrogens is 258 g/mol. The third-order valence-electron chi connectivity index (χ3n) is 4.54. The van der Waals surface area contributed by atoms with Crippen LogP contribution in [0.2, 0.25) is 0 Å². The van der Waals surface area contributed by atoms with Crippen molar-refractivity contribution in [3.05, 3.63) is 53.3 Å². The summed E-state index contributed by atoms with van der Waals surface area (Å²) in [5.74, 6) is 0. The highest BCUT2D eigenvalue weighted by Gasteiger charge is 2.17. The number of aromatic nitrogens is 1. The molecule has 112 valence electrons. The summed E-state index contributed by atoms with van der Waals surface area (Å²) in [4.78, 5) is 4.97. The summed E-state index contributed by atoms with van der Waals surface area (Å²) in [6, 6.07) is 13.0. The summed E-state index contributed by atoms with van der Waals surface area (Å²) in [5, 5.41) is 0. The molecule has 1 aliphatic rings. The van der Waals surface area contributed by atoms with E-state index in [0.717, 1.165) is 6.54 Å². The van der Waals surface area contributed by atoms with Gasteiger partial charge in [-0.1, -0.05) is 18.2 Å². The zero-order valence-corrected chi connectivity index (χ0v) is 13.3. The molecule has 3 rings (SSSR count).